The van der Waals surface area contributed by atoms with Crippen molar-refractivity contribution >= 4 is 11.8 Å². The van der Waals surface area contributed by atoms with E-state index in [-0.39, 0.29) is 18.7 Å². The maximum atomic E-state index is 12.4. The van der Waals surface area contributed by atoms with E-state index in [1.54, 1.807) is 0 Å². The molecular formula is C10H15F3N2O2. The first kappa shape index (κ1) is 13.8. The number of hydrogen-bond donors (Lipinski definition) is 2. The second-order valence-corrected chi connectivity index (χ2v) is 4.37. The summed E-state index contributed by atoms with van der Waals surface area (Å²) in [5.74, 6) is -1.46. The van der Waals surface area contributed by atoms with Gasteiger partial charge in [-0.15, -0.1) is 0 Å². The van der Waals surface area contributed by atoms with Crippen LogP contribution in [0.4, 0.5) is 13.2 Å². The molecule has 0 radical (unpaired) electrons. The smallest absolute Gasteiger partial charge is 0.359 e. The average Bonchev–Trinajstić information content (AvgIpc) is 2.19. The predicted molar refractivity (Wildman–Crippen MR) is 54.0 cm³/mol. The lowest BCUT2D eigenvalue weighted by Gasteiger charge is -2.45. The summed E-state index contributed by atoms with van der Waals surface area (Å²) in [7, 11) is 2.72. The van der Waals surface area contributed by atoms with Gasteiger partial charge in [-0.3, -0.25) is 9.59 Å². The van der Waals surface area contributed by atoms with Gasteiger partial charge in [-0.25, -0.2) is 0 Å². The zero-order valence-corrected chi connectivity index (χ0v) is 9.65. The van der Waals surface area contributed by atoms with Gasteiger partial charge >= 0.3 is 6.18 Å². The zero-order valence-electron chi connectivity index (χ0n) is 9.65. The summed E-state index contributed by atoms with van der Waals surface area (Å²) in [5.41, 5.74) is -1.47. The first-order chi connectivity index (χ1) is 7.74. The lowest BCUT2D eigenvalue weighted by Crippen LogP contribution is -2.54. The van der Waals surface area contributed by atoms with E-state index in [0.29, 0.717) is 0 Å². The molecule has 1 saturated carbocycles. The minimum atomic E-state index is -4.40. The molecule has 0 aromatic heterocycles. The molecular weight excluding hydrogens is 237 g/mol. The summed E-state index contributed by atoms with van der Waals surface area (Å²) in [6, 6.07) is 0. The zero-order chi connectivity index (χ0) is 13.3. The van der Waals surface area contributed by atoms with E-state index < -0.39 is 29.8 Å². The van der Waals surface area contributed by atoms with Crippen LogP contribution in [0.15, 0.2) is 0 Å². The van der Waals surface area contributed by atoms with Crippen molar-refractivity contribution in [3.63, 3.8) is 0 Å². The molecule has 0 spiro atoms. The molecule has 1 fully saturated rings. The van der Waals surface area contributed by atoms with Crippen molar-refractivity contribution in [1.82, 2.24) is 10.6 Å². The normalized spacial score (nSPS) is 28.2. The Morgan fingerprint density at radius 3 is 2.12 bits per heavy atom. The number of amides is 2. The highest BCUT2D eigenvalue weighted by atomic mass is 19.4. The SMILES string of the molecule is CNC(=O)C1CC(CC(F)(F)F)(C(=O)NC)C1. The minimum Gasteiger partial charge on any atom is -0.359 e. The Kier molecular flexibility index (Phi) is 3.68. The quantitative estimate of drug-likeness (QED) is 0.781. The summed E-state index contributed by atoms with van der Waals surface area (Å²) in [4.78, 5) is 22.7. The van der Waals surface area contributed by atoms with Crippen LogP contribution in [0.3, 0.4) is 0 Å². The number of rotatable bonds is 3. The van der Waals surface area contributed by atoms with Crippen LogP contribution in [0, 0.1) is 11.3 Å². The number of nitrogens with one attached hydrogen (secondary N) is 2. The van der Waals surface area contributed by atoms with Crippen LogP contribution in [-0.2, 0) is 9.59 Å². The maximum Gasteiger partial charge on any atom is 0.390 e. The van der Waals surface area contributed by atoms with Gasteiger partial charge in [-0.05, 0) is 12.8 Å². The molecule has 1 aliphatic rings. The van der Waals surface area contributed by atoms with Gasteiger partial charge in [0.25, 0.3) is 0 Å². The van der Waals surface area contributed by atoms with E-state index in [4.69, 9.17) is 0 Å². The fourth-order valence-electron chi connectivity index (χ4n) is 2.33. The highest BCUT2D eigenvalue weighted by Gasteiger charge is 2.56. The van der Waals surface area contributed by atoms with Crippen LogP contribution in [-0.4, -0.2) is 32.1 Å². The minimum absolute atomic E-state index is 0.0497. The third-order valence-corrected chi connectivity index (χ3v) is 3.14. The van der Waals surface area contributed by atoms with Crippen molar-refractivity contribution < 1.29 is 22.8 Å². The predicted octanol–water partition coefficient (Wildman–Crippen LogP) is 0.827. The van der Waals surface area contributed by atoms with Gasteiger partial charge in [0.15, 0.2) is 0 Å². The lowest BCUT2D eigenvalue weighted by atomic mass is 9.59. The van der Waals surface area contributed by atoms with Gasteiger partial charge < -0.3 is 10.6 Å². The molecule has 17 heavy (non-hydrogen) atoms. The van der Waals surface area contributed by atoms with Crippen molar-refractivity contribution in [2.45, 2.75) is 25.4 Å². The molecule has 0 unspecified atom stereocenters. The number of carbonyl (C=O) groups is 2. The molecule has 0 aromatic carbocycles. The van der Waals surface area contributed by atoms with Crippen LogP contribution >= 0.6 is 0 Å². The van der Waals surface area contributed by atoms with Crippen LogP contribution < -0.4 is 10.6 Å². The molecule has 98 valence electrons. The molecule has 0 saturated heterocycles. The van der Waals surface area contributed by atoms with Gasteiger partial charge in [-0.2, -0.15) is 13.2 Å². The molecule has 0 heterocycles. The number of alkyl halides is 3. The van der Waals surface area contributed by atoms with E-state index in [1.807, 2.05) is 0 Å². The second-order valence-electron chi connectivity index (χ2n) is 4.37. The number of hydrogen-bond acceptors (Lipinski definition) is 2. The van der Waals surface area contributed by atoms with Crippen molar-refractivity contribution in [1.29, 1.82) is 0 Å². The molecule has 0 atom stereocenters. The van der Waals surface area contributed by atoms with Crippen molar-refractivity contribution in [2.75, 3.05) is 14.1 Å². The third-order valence-electron chi connectivity index (χ3n) is 3.14. The van der Waals surface area contributed by atoms with Gasteiger partial charge in [0, 0.05) is 20.0 Å². The maximum absolute atomic E-state index is 12.4. The Balaban J connectivity index is 2.74. The molecule has 1 aliphatic carbocycles. The molecule has 1 rings (SSSR count). The summed E-state index contributed by atoms with van der Waals surface area (Å²) in [5, 5.41) is 4.61. The Labute approximate surface area is 96.9 Å². The van der Waals surface area contributed by atoms with E-state index >= 15 is 0 Å². The molecule has 2 N–H and O–H groups in total. The number of halogens is 3. The molecule has 0 aromatic rings. The summed E-state index contributed by atoms with van der Waals surface area (Å²) in [6.45, 7) is 0. The Morgan fingerprint density at radius 1 is 1.24 bits per heavy atom. The Bertz CT molecular complexity index is 322. The van der Waals surface area contributed by atoms with E-state index in [1.165, 1.54) is 14.1 Å². The third kappa shape index (κ3) is 2.89. The summed E-state index contributed by atoms with van der Waals surface area (Å²) < 4.78 is 37.2. The molecule has 7 heteroatoms. The second kappa shape index (κ2) is 4.54. The topological polar surface area (TPSA) is 58.2 Å². The van der Waals surface area contributed by atoms with Crippen molar-refractivity contribution in [3.05, 3.63) is 0 Å². The van der Waals surface area contributed by atoms with Crippen LogP contribution in [0.5, 0.6) is 0 Å². The van der Waals surface area contributed by atoms with Crippen LogP contribution in [0.25, 0.3) is 0 Å². The van der Waals surface area contributed by atoms with E-state index in [2.05, 4.69) is 10.6 Å². The fourth-order valence-corrected chi connectivity index (χ4v) is 2.33. The lowest BCUT2D eigenvalue weighted by molar-refractivity contribution is -0.186. The monoisotopic (exact) mass is 252 g/mol. The summed E-state index contributed by atoms with van der Waals surface area (Å²) in [6.07, 6.45) is -5.68. The highest BCUT2D eigenvalue weighted by Crippen LogP contribution is 2.52. The Morgan fingerprint density at radius 2 is 1.76 bits per heavy atom. The fraction of sp³-hybridized carbons (Fsp3) is 0.800. The first-order valence-corrected chi connectivity index (χ1v) is 5.24. The van der Waals surface area contributed by atoms with Crippen molar-refractivity contribution in [3.8, 4) is 0 Å². The number of carbonyl (C=O) groups excluding carboxylic acids is 2. The summed E-state index contributed by atoms with van der Waals surface area (Å²) >= 11 is 0. The van der Waals surface area contributed by atoms with Crippen LogP contribution in [0.2, 0.25) is 0 Å². The van der Waals surface area contributed by atoms with Gasteiger partial charge in [-0.1, -0.05) is 0 Å². The van der Waals surface area contributed by atoms with E-state index in [0.717, 1.165) is 0 Å². The van der Waals surface area contributed by atoms with E-state index in [9.17, 15) is 22.8 Å². The van der Waals surface area contributed by atoms with Crippen molar-refractivity contribution in [2.24, 2.45) is 11.3 Å². The molecule has 0 aliphatic heterocycles. The van der Waals surface area contributed by atoms with Crippen LogP contribution in [0.1, 0.15) is 19.3 Å². The highest BCUT2D eigenvalue weighted by molar-refractivity contribution is 5.88. The molecule has 2 amide bonds. The first-order valence-electron chi connectivity index (χ1n) is 5.24. The van der Waals surface area contributed by atoms with Gasteiger partial charge in [0.1, 0.15) is 0 Å². The van der Waals surface area contributed by atoms with Gasteiger partial charge in [0.05, 0.1) is 11.8 Å². The molecule has 0 bridgehead atoms. The largest absolute Gasteiger partial charge is 0.390 e. The molecule has 4 nitrogen and oxygen atoms in total. The standard InChI is InChI=1S/C10H15F3N2O2/c1-14-7(16)6-3-9(4-6,8(17)15-2)5-10(11,12)13/h6H,3-5H2,1-2H3,(H,14,16)(H,15,17). The van der Waals surface area contributed by atoms with Gasteiger partial charge in [0.2, 0.25) is 11.8 Å². The Hall–Kier alpha value is -1.27. The average molecular weight is 252 g/mol.